The zero-order chi connectivity index (χ0) is 12.7. The van der Waals surface area contributed by atoms with Gasteiger partial charge in [0, 0.05) is 6.42 Å². The predicted molar refractivity (Wildman–Crippen MR) is 63.5 cm³/mol. The van der Waals surface area contributed by atoms with Crippen molar-refractivity contribution >= 4 is 5.97 Å². The Labute approximate surface area is 100 Å². The topological polar surface area (TPSA) is 55.8 Å². The largest absolute Gasteiger partial charge is 0.493 e. The van der Waals surface area contributed by atoms with Gasteiger partial charge in [0.15, 0.2) is 11.5 Å². The molecule has 0 unspecified atom stereocenters. The van der Waals surface area contributed by atoms with Crippen LogP contribution in [0.15, 0.2) is 18.2 Å². The lowest BCUT2D eigenvalue weighted by Crippen LogP contribution is -2.02. The summed E-state index contributed by atoms with van der Waals surface area (Å²) in [5.74, 6) is 2.44. The van der Waals surface area contributed by atoms with Gasteiger partial charge in [-0.05, 0) is 24.6 Å². The van der Waals surface area contributed by atoms with Crippen LogP contribution in [0.3, 0.4) is 0 Å². The molecule has 0 radical (unpaired) electrons. The van der Waals surface area contributed by atoms with E-state index >= 15 is 0 Å². The van der Waals surface area contributed by atoms with Crippen molar-refractivity contribution in [3.63, 3.8) is 0 Å². The molecule has 1 aromatic carbocycles. The number of carboxylic acids is 1. The van der Waals surface area contributed by atoms with E-state index in [2.05, 4.69) is 5.92 Å². The van der Waals surface area contributed by atoms with Crippen molar-refractivity contribution in [1.82, 2.24) is 0 Å². The molecule has 17 heavy (non-hydrogen) atoms. The van der Waals surface area contributed by atoms with E-state index in [1.807, 2.05) is 0 Å². The molecule has 0 saturated carbocycles. The summed E-state index contributed by atoms with van der Waals surface area (Å²) in [6.45, 7) is 0.434. The Balaban J connectivity index is 2.76. The molecule has 1 rings (SSSR count). The minimum Gasteiger partial charge on any atom is -0.493 e. The van der Waals surface area contributed by atoms with E-state index in [4.69, 9.17) is 21.0 Å². The third-order valence-corrected chi connectivity index (χ3v) is 2.13. The maximum Gasteiger partial charge on any atom is 0.335 e. The van der Waals surface area contributed by atoms with Crippen LogP contribution in [0.4, 0.5) is 0 Å². The van der Waals surface area contributed by atoms with Crippen molar-refractivity contribution in [3.05, 3.63) is 23.8 Å². The Bertz CT molecular complexity index is 432. The SMILES string of the molecule is C#CCCCOc1cc(C(=O)O)ccc1OC. The molecule has 1 N–H and O–H groups in total. The van der Waals surface area contributed by atoms with Gasteiger partial charge in [0.2, 0.25) is 0 Å². The molecule has 0 heterocycles. The van der Waals surface area contributed by atoms with Gasteiger partial charge in [0.05, 0.1) is 19.3 Å². The summed E-state index contributed by atoms with van der Waals surface area (Å²) in [7, 11) is 1.50. The van der Waals surface area contributed by atoms with Crippen molar-refractivity contribution in [3.8, 4) is 23.8 Å². The zero-order valence-corrected chi connectivity index (χ0v) is 9.60. The number of hydrogen-bond donors (Lipinski definition) is 1. The first kappa shape index (κ1) is 12.9. The van der Waals surface area contributed by atoms with Gasteiger partial charge in [-0.2, -0.15) is 0 Å². The molecule has 0 aliphatic heterocycles. The fourth-order valence-electron chi connectivity index (χ4n) is 1.28. The third-order valence-electron chi connectivity index (χ3n) is 2.13. The normalized spacial score (nSPS) is 9.41. The van der Waals surface area contributed by atoms with Gasteiger partial charge in [-0.15, -0.1) is 12.3 Å². The van der Waals surface area contributed by atoms with E-state index in [0.29, 0.717) is 24.5 Å². The highest BCUT2D eigenvalue weighted by atomic mass is 16.5. The summed E-state index contributed by atoms with van der Waals surface area (Å²) < 4.78 is 10.5. The monoisotopic (exact) mass is 234 g/mol. The van der Waals surface area contributed by atoms with Crippen LogP contribution in [0.2, 0.25) is 0 Å². The summed E-state index contributed by atoms with van der Waals surface area (Å²) in [6.07, 6.45) is 6.47. The summed E-state index contributed by atoms with van der Waals surface area (Å²) >= 11 is 0. The van der Waals surface area contributed by atoms with E-state index in [-0.39, 0.29) is 5.56 Å². The van der Waals surface area contributed by atoms with Gasteiger partial charge in [-0.25, -0.2) is 4.79 Å². The summed E-state index contributed by atoms with van der Waals surface area (Å²) in [6, 6.07) is 4.48. The Morgan fingerprint density at radius 3 is 2.82 bits per heavy atom. The molecule has 0 atom stereocenters. The molecule has 90 valence electrons. The average Bonchev–Trinajstić information content (AvgIpc) is 2.34. The number of unbranched alkanes of at least 4 members (excludes halogenated alkanes) is 1. The lowest BCUT2D eigenvalue weighted by molar-refractivity contribution is 0.0696. The second-order valence-electron chi connectivity index (χ2n) is 3.33. The van der Waals surface area contributed by atoms with E-state index in [1.165, 1.54) is 19.2 Å². The maximum atomic E-state index is 10.8. The van der Waals surface area contributed by atoms with Crippen LogP contribution in [-0.2, 0) is 0 Å². The van der Waals surface area contributed by atoms with Gasteiger partial charge in [0.1, 0.15) is 0 Å². The predicted octanol–water partition coefficient (Wildman–Crippen LogP) is 2.19. The second kappa shape index (κ2) is 6.44. The third kappa shape index (κ3) is 3.72. The molecule has 4 heteroatoms. The van der Waals surface area contributed by atoms with Crippen LogP contribution in [0.1, 0.15) is 23.2 Å². The number of carboxylic acid groups (broad SMARTS) is 1. The van der Waals surface area contributed by atoms with Gasteiger partial charge < -0.3 is 14.6 Å². The zero-order valence-electron chi connectivity index (χ0n) is 9.60. The second-order valence-corrected chi connectivity index (χ2v) is 3.33. The average molecular weight is 234 g/mol. The quantitative estimate of drug-likeness (QED) is 0.605. The Hall–Kier alpha value is -2.15. The molecule has 0 aliphatic carbocycles. The number of methoxy groups -OCH3 is 1. The molecule has 1 aromatic rings. The van der Waals surface area contributed by atoms with Gasteiger partial charge in [-0.1, -0.05) is 0 Å². The number of aromatic carboxylic acids is 1. The molecule has 4 nitrogen and oxygen atoms in total. The smallest absolute Gasteiger partial charge is 0.335 e. The number of ether oxygens (including phenoxy) is 2. The van der Waals surface area contributed by atoms with Gasteiger partial charge in [0.25, 0.3) is 0 Å². The highest BCUT2D eigenvalue weighted by Crippen LogP contribution is 2.28. The highest BCUT2D eigenvalue weighted by molar-refractivity contribution is 5.88. The van der Waals surface area contributed by atoms with Crippen LogP contribution >= 0.6 is 0 Å². The first-order valence-corrected chi connectivity index (χ1v) is 5.16. The number of terminal acetylenes is 1. The fourth-order valence-corrected chi connectivity index (χ4v) is 1.28. The first-order chi connectivity index (χ1) is 8.19. The van der Waals surface area contributed by atoms with Crippen LogP contribution < -0.4 is 9.47 Å². The number of carbonyl (C=O) groups is 1. The van der Waals surface area contributed by atoms with Crippen LogP contribution in [-0.4, -0.2) is 24.8 Å². The van der Waals surface area contributed by atoms with Crippen LogP contribution in [0.25, 0.3) is 0 Å². The molecule has 0 spiro atoms. The minimum absolute atomic E-state index is 0.165. The van der Waals surface area contributed by atoms with Gasteiger partial charge >= 0.3 is 5.97 Å². The molecule has 0 aromatic heterocycles. The van der Waals surface area contributed by atoms with E-state index in [9.17, 15) is 4.79 Å². The lowest BCUT2D eigenvalue weighted by Gasteiger charge is -2.10. The van der Waals surface area contributed by atoms with E-state index in [0.717, 1.165) is 6.42 Å². The number of rotatable bonds is 6. The van der Waals surface area contributed by atoms with E-state index in [1.54, 1.807) is 6.07 Å². The Kier molecular flexibility index (Phi) is 4.89. The lowest BCUT2D eigenvalue weighted by atomic mass is 10.2. The molecule has 0 fully saturated rings. The fraction of sp³-hybridized carbons (Fsp3) is 0.308. The molecule has 0 bridgehead atoms. The summed E-state index contributed by atoms with van der Waals surface area (Å²) in [4.78, 5) is 10.8. The maximum absolute atomic E-state index is 10.8. The molecular formula is C13H14O4. The number of hydrogen-bond acceptors (Lipinski definition) is 3. The summed E-state index contributed by atoms with van der Waals surface area (Å²) in [5.41, 5.74) is 0.165. The van der Waals surface area contributed by atoms with Crippen LogP contribution in [0, 0.1) is 12.3 Å². The molecular weight excluding hydrogens is 220 g/mol. The van der Waals surface area contributed by atoms with Crippen molar-refractivity contribution in [2.45, 2.75) is 12.8 Å². The highest BCUT2D eigenvalue weighted by Gasteiger charge is 2.09. The summed E-state index contributed by atoms with van der Waals surface area (Å²) in [5, 5.41) is 8.86. The Morgan fingerprint density at radius 1 is 1.47 bits per heavy atom. The Morgan fingerprint density at radius 2 is 2.24 bits per heavy atom. The first-order valence-electron chi connectivity index (χ1n) is 5.16. The standard InChI is InChI=1S/C13H14O4/c1-3-4-5-8-17-12-9-10(13(14)15)6-7-11(12)16-2/h1,6-7,9H,4-5,8H2,2H3,(H,14,15). The number of benzene rings is 1. The molecule has 0 saturated heterocycles. The van der Waals surface area contributed by atoms with Crippen molar-refractivity contribution in [1.29, 1.82) is 0 Å². The van der Waals surface area contributed by atoms with E-state index < -0.39 is 5.97 Å². The van der Waals surface area contributed by atoms with Gasteiger partial charge in [-0.3, -0.25) is 0 Å². The molecule has 0 amide bonds. The van der Waals surface area contributed by atoms with Crippen molar-refractivity contribution in [2.75, 3.05) is 13.7 Å². The minimum atomic E-state index is -0.999. The molecule has 0 aliphatic rings. The van der Waals surface area contributed by atoms with Crippen molar-refractivity contribution in [2.24, 2.45) is 0 Å². The van der Waals surface area contributed by atoms with Crippen molar-refractivity contribution < 1.29 is 19.4 Å². The van der Waals surface area contributed by atoms with Crippen LogP contribution in [0.5, 0.6) is 11.5 Å².